The third-order valence-corrected chi connectivity index (χ3v) is 3.29. The first-order valence-corrected chi connectivity index (χ1v) is 5.25. The fraction of sp³-hybridized carbons (Fsp3) is 0.818. The molecule has 0 aromatic heterocycles. The first-order chi connectivity index (χ1) is 6.54. The minimum Gasteiger partial charge on any atom is -0.481 e. The molecule has 3 nitrogen and oxygen atoms in total. The maximum Gasteiger partial charge on any atom is 0.303 e. The summed E-state index contributed by atoms with van der Waals surface area (Å²) in [5.74, 6) is -0.509. The second kappa shape index (κ2) is 4.58. The van der Waals surface area contributed by atoms with E-state index in [1.807, 2.05) is 0 Å². The van der Waals surface area contributed by atoms with Gasteiger partial charge in [-0.25, -0.2) is 0 Å². The van der Waals surface area contributed by atoms with Crippen molar-refractivity contribution >= 4 is 11.8 Å². The lowest BCUT2D eigenvalue weighted by Gasteiger charge is -2.42. The number of hydrogen-bond donors (Lipinski definition) is 1. The van der Waals surface area contributed by atoms with E-state index >= 15 is 0 Å². The lowest BCUT2D eigenvalue weighted by molar-refractivity contribution is -0.138. The van der Waals surface area contributed by atoms with Gasteiger partial charge < -0.3 is 9.90 Å². The molecule has 14 heavy (non-hydrogen) atoms. The SMILES string of the molecule is CC(=O)CCC1(CCC(=O)O)CCC1. The average molecular weight is 198 g/mol. The van der Waals surface area contributed by atoms with Gasteiger partial charge in [0.15, 0.2) is 0 Å². The zero-order valence-electron chi connectivity index (χ0n) is 8.71. The quantitative estimate of drug-likeness (QED) is 0.713. The van der Waals surface area contributed by atoms with Crippen LogP contribution in [0.5, 0.6) is 0 Å². The lowest BCUT2D eigenvalue weighted by atomic mass is 9.63. The van der Waals surface area contributed by atoms with E-state index in [4.69, 9.17) is 5.11 Å². The van der Waals surface area contributed by atoms with Crippen LogP contribution in [0.25, 0.3) is 0 Å². The van der Waals surface area contributed by atoms with Crippen molar-refractivity contribution in [1.82, 2.24) is 0 Å². The number of carboxylic acid groups (broad SMARTS) is 1. The molecule has 80 valence electrons. The Morgan fingerprint density at radius 3 is 2.14 bits per heavy atom. The van der Waals surface area contributed by atoms with Gasteiger partial charge >= 0.3 is 5.97 Å². The summed E-state index contributed by atoms with van der Waals surface area (Å²) in [5, 5.41) is 8.61. The van der Waals surface area contributed by atoms with Crippen LogP contribution in [0.1, 0.15) is 51.9 Å². The standard InChI is InChI=1S/C11H18O3/c1-9(12)3-7-11(5-2-6-11)8-4-10(13)14/h2-8H2,1H3,(H,13,14). The second-order valence-corrected chi connectivity index (χ2v) is 4.45. The van der Waals surface area contributed by atoms with Crippen LogP contribution in [0.2, 0.25) is 0 Å². The molecule has 0 aromatic rings. The Morgan fingerprint density at radius 1 is 1.21 bits per heavy atom. The highest BCUT2D eigenvalue weighted by atomic mass is 16.4. The van der Waals surface area contributed by atoms with Crippen LogP contribution < -0.4 is 0 Å². The molecule has 0 atom stereocenters. The number of hydrogen-bond acceptors (Lipinski definition) is 2. The molecule has 0 bridgehead atoms. The molecule has 0 saturated heterocycles. The van der Waals surface area contributed by atoms with Crippen molar-refractivity contribution in [2.45, 2.75) is 51.9 Å². The number of Topliss-reactive ketones (excluding diaryl/α,β-unsaturated/α-hetero) is 1. The van der Waals surface area contributed by atoms with E-state index in [2.05, 4.69) is 0 Å². The van der Waals surface area contributed by atoms with E-state index in [0.717, 1.165) is 25.7 Å². The molecule has 1 aliphatic carbocycles. The Bertz CT molecular complexity index is 209. The highest BCUT2D eigenvalue weighted by Crippen LogP contribution is 2.48. The zero-order valence-corrected chi connectivity index (χ0v) is 8.71. The Morgan fingerprint density at radius 2 is 1.79 bits per heavy atom. The zero-order chi connectivity index (χ0) is 10.6. The van der Waals surface area contributed by atoms with E-state index in [9.17, 15) is 9.59 Å². The topological polar surface area (TPSA) is 54.4 Å². The van der Waals surface area contributed by atoms with E-state index in [-0.39, 0.29) is 17.6 Å². The summed E-state index contributed by atoms with van der Waals surface area (Å²) in [4.78, 5) is 21.3. The fourth-order valence-corrected chi connectivity index (χ4v) is 2.12. The summed E-state index contributed by atoms with van der Waals surface area (Å²) >= 11 is 0. The molecule has 1 aliphatic rings. The highest BCUT2D eigenvalue weighted by Gasteiger charge is 2.36. The van der Waals surface area contributed by atoms with Crippen molar-refractivity contribution in [2.24, 2.45) is 5.41 Å². The Kier molecular flexibility index (Phi) is 3.67. The van der Waals surface area contributed by atoms with E-state index < -0.39 is 5.97 Å². The van der Waals surface area contributed by atoms with Gasteiger partial charge in [-0.1, -0.05) is 6.42 Å². The largest absolute Gasteiger partial charge is 0.481 e. The van der Waals surface area contributed by atoms with Gasteiger partial charge in [0.2, 0.25) is 0 Å². The fourth-order valence-electron chi connectivity index (χ4n) is 2.12. The van der Waals surface area contributed by atoms with Crippen LogP contribution in [0.4, 0.5) is 0 Å². The molecule has 0 amide bonds. The molecule has 0 unspecified atom stereocenters. The van der Waals surface area contributed by atoms with Crippen LogP contribution >= 0.6 is 0 Å². The van der Waals surface area contributed by atoms with Gasteiger partial charge in [0.25, 0.3) is 0 Å². The molecule has 0 aliphatic heterocycles. The average Bonchev–Trinajstić information content (AvgIpc) is 2.01. The number of carboxylic acids is 1. The maximum atomic E-state index is 10.9. The minimum atomic E-state index is -0.723. The normalized spacial score (nSPS) is 18.6. The molecule has 1 N–H and O–H groups in total. The molecular weight excluding hydrogens is 180 g/mol. The predicted octanol–water partition coefficient (Wildman–Crippen LogP) is 2.39. The van der Waals surface area contributed by atoms with Crippen molar-refractivity contribution in [3.05, 3.63) is 0 Å². The summed E-state index contributed by atoms with van der Waals surface area (Å²) in [6, 6.07) is 0. The van der Waals surface area contributed by atoms with Gasteiger partial charge in [0.1, 0.15) is 5.78 Å². The van der Waals surface area contributed by atoms with Crippen molar-refractivity contribution < 1.29 is 14.7 Å². The number of ketones is 1. The number of aliphatic carboxylic acids is 1. The third kappa shape index (κ3) is 3.13. The van der Waals surface area contributed by atoms with Crippen molar-refractivity contribution in [3.8, 4) is 0 Å². The number of carbonyl (C=O) groups is 2. The second-order valence-electron chi connectivity index (χ2n) is 4.45. The molecule has 1 fully saturated rings. The van der Waals surface area contributed by atoms with Crippen LogP contribution in [-0.2, 0) is 9.59 Å². The van der Waals surface area contributed by atoms with Crippen LogP contribution in [-0.4, -0.2) is 16.9 Å². The Balaban J connectivity index is 2.33. The van der Waals surface area contributed by atoms with Crippen LogP contribution in [0, 0.1) is 5.41 Å². The van der Waals surface area contributed by atoms with Crippen molar-refractivity contribution in [1.29, 1.82) is 0 Å². The summed E-state index contributed by atoms with van der Waals surface area (Å²) in [5.41, 5.74) is 0.185. The third-order valence-electron chi connectivity index (χ3n) is 3.29. The molecular formula is C11H18O3. The monoisotopic (exact) mass is 198 g/mol. The van der Waals surface area contributed by atoms with Gasteiger partial charge in [0.05, 0.1) is 0 Å². The van der Waals surface area contributed by atoms with Gasteiger partial charge in [-0.15, -0.1) is 0 Å². The van der Waals surface area contributed by atoms with E-state index in [0.29, 0.717) is 6.42 Å². The lowest BCUT2D eigenvalue weighted by Crippen LogP contribution is -2.30. The molecule has 0 aromatic carbocycles. The summed E-state index contributed by atoms with van der Waals surface area (Å²) in [6.45, 7) is 1.60. The predicted molar refractivity (Wildman–Crippen MR) is 53.1 cm³/mol. The minimum absolute atomic E-state index is 0.185. The van der Waals surface area contributed by atoms with Crippen molar-refractivity contribution in [2.75, 3.05) is 0 Å². The summed E-state index contributed by atoms with van der Waals surface area (Å²) in [6.07, 6.45) is 5.89. The number of rotatable bonds is 6. The molecule has 1 saturated carbocycles. The first kappa shape index (κ1) is 11.2. The van der Waals surface area contributed by atoms with Gasteiger partial charge in [0, 0.05) is 12.8 Å². The van der Waals surface area contributed by atoms with E-state index in [1.165, 1.54) is 6.42 Å². The molecule has 0 radical (unpaired) electrons. The van der Waals surface area contributed by atoms with Crippen LogP contribution in [0.3, 0.4) is 0 Å². The first-order valence-electron chi connectivity index (χ1n) is 5.25. The number of carbonyl (C=O) groups excluding carboxylic acids is 1. The van der Waals surface area contributed by atoms with Gasteiger partial charge in [-0.05, 0) is 38.0 Å². The molecule has 0 spiro atoms. The Hall–Kier alpha value is -0.860. The molecule has 1 rings (SSSR count). The smallest absolute Gasteiger partial charge is 0.303 e. The molecule has 0 heterocycles. The van der Waals surface area contributed by atoms with Crippen LogP contribution in [0.15, 0.2) is 0 Å². The van der Waals surface area contributed by atoms with E-state index in [1.54, 1.807) is 6.92 Å². The summed E-state index contributed by atoms with van der Waals surface area (Å²) < 4.78 is 0. The maximum absolute atomic E-state index is 10.9. The van der Waals surface area contributed by atoms with Crippen molar-refractivity contribution in [3.63, 3.8) is 0 Å². The Labute approximate surface area is 84.5 Å². The van der Waals surface area contributed by atoms with Gasteiger partial charge in [-0.2, -0.15) is 0 Å². The van der Waals surface area contributed by atoms with Gasteiger partial charge in [-0.3, -0.25) is 4.79 Å². The summed E-state index contributed by atoms with van der Waals surface area (Å²) in [7, 11) is 0. The highest BCUT2D eigenvalue weighted by molar-refractivity contribution is 5.75. The molecule has 3 heteroatoms.